The monoisotopic (exact) mass is 486 g/mol. The van der Waals surface area contributed by atoms with Crippen molar-refractivity contribution in [1.82, 2.24) is 10.6 Å². The molecular formula is C31H29F3N2. The van der Waals surface area contributed by atoms with Crippen molar-refractivity contribution in [2.75, 3.05) is 6.54 Å². The van der Waals surface area contributed by atoms with Crippen LogP contribution < -0.4 is 10.6 Å². The Bertz CT molecular complexity index is 1250. The van der Waals surface area contributed by atoms with Crippen molar-refractivity contribution in [2.24, 2.45) is 0 Å². The van der Waals surface area contributed by atoms with Crippen molar-refractivity contribution in [2.45, 2.75) is 37.6 Å². The van der Waals surface area contributed by atoms with Gasteiger partial charge in [-0.2, -0.15) is 13.2 Å². The fourth-order valence-electron chi connectivity index (χ4n) is 5.08. The standard InChI is InChI=1S/C31H29F3N2/c32-31(33,34)24-12-8-11-23(19-24)21-35-18-17-25(20-22-9-2-1-3-10-22)36-30-28-15-6-4-13-26(28)27-14-5-7-16-29(27)30/h1-16,19,25,30,35-36H,17-18,20-21H2. The van der Waals surface area contributed by atoms with E-state index in [1.165, 1.54) is 39.9 Å². The number of alkyl halides is 3. The van der Waals surface area contributed by atoms with Gasteiger partial charge in [0.05, 0.1) is 11.6 Å². The fourth-order valence-corrected chi connectivity index (χ4v) is 5.08. The van der Waals surface area contributed by atoms with E-state index in [2.05, 4.69) is 83.4 Å². The number of halogens is 3. The molecule has 2 nitrogen and oxygen atoms in total. The molecule has 0 saturated carbocycles. The molecule has 0 bridgehead atoms. The van der Waals surface area contributed by atoms with Crippen molar-refractivity contribution in [3.63, 3.8) is 0 Å². The Morgan fingerprint density at radius 3 is 1.97 bits per heavy atom. The summed E-state index contributed by atoms with van der Waals surface area (Å²) < 4.78 is 39.1. The van der Waals surface area contributed by atoms with Crippen LogP contribution >= 0.6 is 0 Å². The average molecular weight is 487 g/mol. The largest absolute Gasteiger partial charge is 0.416 e. The van der Waals surface area contributed by atoms with Gasteiger partial charge in [-0.05, 0) is 58.8 Å². The third kappa shape index (κ3) is 5.53. The van der Waals surface area contributed by atoms with Gasteiger partial charge >= 0.3 is 6.18 Å². The van der Waals surface area contributed by atoms with E-state index >= 15 is 0 Å². The molecule has 0 amide bonds. The predicted molar refractivity (Wildman–Crippen MR) is 139 cm³/mol. The fraction of sp³-hybridized carbons (Fsp3) is 0.226. The Morgan fingerprint density at radius 1 is 0.694 bits per heavy atom. The first-order chi connectivity index (χ1) is 17.5. The second-order valence-electron chi connectivity index (χ2n) is 9.32. The molecule has 1 atom stereocenters. The highest BCUT2D eigenvalue weighted by Crippen LogP contribution is 2.43. The molecule has 4 aromatic carbocycles. The van der Waals surface area contributed by atoms with Crippen LogP contribution in [0, 0.1) is 0 Å². The van der Waals surface area contributed by atoms with Gasteiger partial charge in [-0.15, -0.1) is 0 Å². The first-order valence-corrected chi connectivity index (χ1v) is 12.3. The maximum absolute atomic E-state index is 13.0. The molecule has 0 spiro atoms. The third-order valence-electron chi connectivity index (χ3n) is 6.81. The summed E-state index contributed by atoms with van der Waals surface area (Å²) >= 11 is 0. The topological polar surface area (TPSA) is 24.1 Å². The van der Waals surface area contributed by atoms with Crippen LogP contribution in [0.15, 0.2) is 103 Å². The Balaban J connectivity index is 1.29. The second-order valence-corrected chi connectivity index (χ2v) is 9.32. The molecule has 0 heterocycles. The Kier molecular flexibility index (Phi) is 7.21. The van der Waals surface area contributed by atoms with E-state index in [-0.39, 0.29) is 12.1 Å². The molecule has 0 fully saturated rings. The molecule has 5 rings (SSSR count). The minimum absolute atomic E-state index is 0.106. The maximum Gasteiger partial charge on any atom is 0.416 e. The first-order valence-electron chi connectivity index (χ1n) is 12.3. The number of rotatable bonds is 9. The Hall–Kier alpha value is -3.41. The molecule has 36 heavy (non-hydrogen) atoms. The van der Waals surface area contributed by atoms with Crippen molar-refractivity contribution < 1.29 is 13.2 Å². The van der Waals surface area contributed by atoms with Gasteiger partial charge < -0.3 is 10.6 Å². The van der Waals surface area contributed by atoms with Crippen molar-refractivity contribution in [3.8, 4) is 11.1 Å². The number of nitrogens with one attached hydrogen (secondary N) is 2. The van der Waals surface area contributed by atoms with E-state index in [4.69, 9.17) is 0 Å². The third-order valence-corrected chi connectivity index (χ3v) is 6.81. The Morgan fingerprint density at radius 2 is 1.31 bits per heavy atom. The number of benzene rings is 4. The van der Waals surface area contributed by atoms with E-state index in [0.29, 0.717) is 18.7 Å². The molecule has 0 saturated heterocycles. The zero-order valence-electron chi connectivity index (χ0n) is 19.9. The smallest absolute Gasteiger partial charge is 0.313 e. The average Bonchev–Trinajstić information content (AvgIpc) is 3.20. The molecule has 0 radical (unpaired) electrons. The van der Waals surface area contributed by atoms with E-state index in [1.54, 1.807) is 6.07 Å². The lowest BCUT2D eigenvalue weighted by Crippen LogP contribution is -2.37. The van der Waals surface area contributed by atoms with Crippen LogP contribution in [0.1, 0.15) is 40.3 Å². The molecule has 5 heteroatoms. The number of hydrogen-bond donors (Lipinski definition) is 2. The zero-order chi connectivity index (χ0) is 25.0. The van der Waals surface area contributed by atoms with Crippen LogP contribution in [0.4, 0.5) is 13.2 Å². The summed E-state index contributed by atoms with van der Waals surface area (Å²) in [4.78, 5) is 0. The molecule has 4 aromatic rings. The highest BCUT2D eigenvalue weighted by Gasteiger charge is 2.31. The van der Waals surface area contributed by atoms with Crippen LogP contribution in [-0.2, 0) is 19.1 Å². The molecule has 1 aliphatic rings. The van der Waals surface area contributed by atoms with Gasteiger partial charge in [-0.25, -0.2) is 0 Å². The zero-order valence-corrected chi connectivity index (χ0v) is 19.9. The summed E-state index contributed by atoms with van der Waals surface area (Å²) in [5.41, 5.74) is 6.40. The van der Waals surface area contributed by atoms with E-state index in [9.17, 15) is 13.2 Å². The normalized spacial score (nSPS) is 13.9. The number of hydrogen-bond acceptors (Lipinski definition) is 2. The SMILES string of the molecule is FC(F)(F)c1cccc(CNCCC(Cc2ccccc2)NC2c3ccccc3-c3ccccc32)c1. The molecule has 0 aromatic heterocycles. The van der Waals surface area contributed by atoms with Crippen LogP contribution in [-0.4, -0.2) is 12.6 Å². The predicted octanol–water partition coefficient (Wildman–Crippen LogP) is 7.16. The van der Waals surface area contributed by atoms with Gasteiger partial charge in [-0.1, -0.05) is 97.1 Å². The van der Waals surface area contributed by atoms with Crippen LogP contribution in [0.5, 0.6) is 0 Å². The molecule has 1 aliphatic carbocycles. The van der Waals surface area contributed by atoms with Gasteiger partial charge in [0, 0.05) is 12.6 Å². The van der Waals surface area contributed by atoms with Gasteiger partial charge in [0.15, 0.2) is 0 Å². The summed E-state index contributed by atoms with van der Waals surface area (Å²) in [6, 6.07) is 33.3. The van der Waals surface area contributed by atoms with Crippen molar-refractivity contribution in [1.29, 1.82) is 0 Å². The van der Waals surface area contributed by atoms with Crippen LogP contribution in [0.2, 0.25) is 0 Å². The molecule has 184 valence electrons. The summed E-state index contributed by atoms with van der Waals surface area (Å²) in [5, 5.41) is 7.27. The van der Waals surface area contributed by atoms with Gasteiger partial charge in [-0.3, -0.25) is 0 Å². The molecular weight excluding hydrogens is 457 g/mol. The lowest BCUT2D eigenvalue weighted by Gasteiger charge is -2.25. The minimum atomic E-state index is -4.32. The summed E-state index contributed by atoms with van der Waals surface area (Å²) in [6.07, 6.45) is -2.61. The van der Waals surface area contributed by atoms with Crippen molar-refractivity contribution >= 4 is 0 Å². The van der Waals surface area contributed by atoms with Crippen molar-refractivity contribution in [3.05, 3.63) is 131 Å². The summed E-state index contributed by atoms with van der Waals surface area (Å²) in [5.74, 6) is 0. The Labute approximate surface area is 210 Å². The molecule has 2 N–H and O–H groups in total. The minimum Gasteiger partial charge on any atom is -0.313 e. The maximum atomic E-state index is 13.0. The van der Waals surface area contributed by atoms with Gasteiger partial charge in [0.1, 0.15) is 0 Å². The van der Waals surface area contributed by atoms with E-state index in [0.717, 1.165) is 18.9 Å². The summed E-state index contributed by atoms with van der Waals surface area (Å²) in [7, 11) is 0. The summed E-state index contributed by atoms with van der Waals surface area (Å²) in [6.45, 7) is 1.09. The lowest BCUT2D eigenvalue weighted by atomic mass is 9.99. The van der Waals surface area contributed by atoms with Crippen LogP contribution in [0.3, 0.4) is 0 Å². The number of fused-ring (bicyclic) bond motifs is 3. The highest BCUT2D eigenvalue weighted by atomic mass is 19.4. The van der Waals surface area contributed by atoms with Gasteiger partial charge in [0.2, 0.25) is 0 Å². The lowest BCUT2D eigenvalue weighted by molar-refractivity contribution is -0.137. The van der Waals surface area contributed by atoms with E-state index < -0.39 is 11.7 Å². The quantitative estimate of drug-likeness (QED) is 0.245. The second kappa shape index (κ2) is 10.7. The van der Waals surface area contributed by atoms with Crippen LogP contribution in [0.25, 0.3) is 11.1 Å². The van der Waals surface area contributed by atoms with E-state index in [1.807, 2.05) is 6.07 Å². The molecule has 0 aliphatic heterocycles. The first kappa shape index (κ1) is 24.3. The highest BCUT2D eigenvalue weighted by molar-refractivity contribution is 5.78. The van der Waals surface area contributed by atoms with Gasteiger partial charge in [0.25, 0.3) is 0 Å². The molecule has 1 unspecified atom stereocenters.